The summed E-state index contributed by atoms with van der Waals surface area (Å²) in [6.45, 7) is 2.29. The van der Waals surface area contributed by atoms with Crippen LogP contribution in [-0.4, -0.2) is 30.5 Å². The van der Waals surface area contributed by atoms with Gasteiger partial charge in [0.15, 0.2) is 11.5 Å². The van der Waals surface area contributed by atoms with Crippen molar-refractivity contribution < 1.29 is 19.1 Å². The number of benzene rings is 2. The van der Waals surface area contributed by atoms with E-state index in [1.165, 1.54) is 7.11 Å². The number of likely N-dealkylation sites (N-methyl/N-ethyl adjacent to an activating group) is 1. The molecule has 1 heterocycles. The van der Waals surface area contributed by atoms with Gasteiger partial charge in [0.2, 0.25) is 0 Å². The Morgan fingerprint density at radius 1 is 1.21 bits per heavy atom. The number of hydrogen-bond donors (Lipinski definition) is 1. The predicted molar refractivity (Wildman–Crippen MR) is 120 cm³/mol. The zero-order valence-electron chi connectivity index (χ0n) is 15.6. The van der Waals surface area contributed by atoms with E-state index >= 15 is 0 Å². The zero-order chi connectivity index (χ0) is 21.1. The summed E-state index contributed by atoms with van der Waals surface area (Å²) in [5.41, 5.74) is 1.71. The van der Waals surface area contributed by atoms with Crippen LogP contribution in [0.3, 0.4) is 0 Å². The van der Waals surface area contributed by atoms with Crippen molar-refractivity contribution in [2.45, 2.75) is 13.5 Å². The van der Waals surface area contributed by atoms with E-state index in [0.717, 1.165) is 14.0 Å². The summed E-state index contributed by atoms with van der Waals surface area (Å²) in [5, 5.41) is 3.65. The predicted octanol–water partition coefficient (Wildman–Crippen LogP) is 5.10. The van der Waals surface area contributed by atoms with Crippen LogP contribution in [0.4, 0.5) is 4.79 Å². The van der Waals surface area contributed by atoms with Crippen LogP contribution in [-0.2, 0) is 11.4 Å². The van der Waals surface area contributed by atoms with Crippen LogP contribution in [0.5, 0.6) is 11.5 Å². The molecule has 0 aliphatic carbocycles. The number of imide groups is 1. The van der Waals surface area contributed by atoms with Crippen LogP contribution in [0.25, 0.3) is 6.08 Å². The molecule has 2 aromatic rings. The maximum Gasteiger partial charge on any atom is 0.328 e. The molecule has 6 nitrogen and oxygen atoms in total. The molecule has 3 amide bonds. The molecule has 1 fully saturated rings. The summed E-state index contributed by atoms with van der Waals surface area (Å²) in [4.78, 5) is 25.2. The standard InChI is InChI=1S/C20H17Cl2IN2O4/c1-3-25-19(26)16(24-20(25)27)7-11-6-15(23)18(17(8-11)28-2)29-10-12-4-5-13(21)9-14(12)22/h4-9H,3,10H2,1-2H3,(H,24,27)/b16-7+. The Kier molecular flexibility index (Phi) is 6.92. The first kappa shape index (κ1) is 21.7. The minimum absolute atomic E-state index is 0.219. The number of amides is 3. The maximum absolute atomic E-state index is 12.3. The Morgan fingerprint density at radius 3 is 2.59 bits per heavy atom. The van der Waals surface area contributed by atoms with E-state index in [1.807, 2.05) is 6.07 Å². The molecule has 0 aromatic heterocycles. The largest absolute Gasteiger partial charge is 0.493 e. The number of carbonyl (C=O) groups is 2. The van der Waals surface area contributed by atoms with Gasteiger partial charge in [0.1, 0.15) is 12.3 Å². The van der Waals surface area contributed by atoms with E-state index < -0.39 is 6.03 Å². The lowest BCUT2D eigenvalue weighted by Crippen LogP contribution is -2.30. The molecule has 152 valence electrons. The summed E-state index contributed by atoms with van der Waals surface area (Å²) in [7, 11) is 1.53. The van der Waals surface area contributed by atoms with E-state index in [2.05, 4.69) is 27.9 Å². The molecule has 0 spiro atoms. The van der Waals surface area contributed by atoms with Crippen molar-refractivity contribution in [3.8, 4) is 11.5 Å². The fourth-order valence-corrected chi connectivity index (χ4v) is 4.02. The van der Waals surface area contributed by atoms with Gasteiger partial charge in [-0.05, 0) is 65.4 Å². The SMILES string of the molecule is CCN1C(=O)N/C(=C/c2cc(I)c(OCc3ccc(Cl)cc3Cl)c(OC)c2)C1=O. The van der Waals surface area contributed by atoms with E-state index in [4.69, 9.17) is 32.7 Å². The summed E-state index contributed by atoms with van der Waals surface area (Å²) in [5.74, 6) is 0.695. The Balaban J connectivity index is 1.85. The van der Waals surface area contributed by atoms with Crippen molar-refractivity contribution in [1.29, 1.82) is 0 Å². The van der Waals surface area contributed by atoms with Crippen molar-refractivity contribution in [1.82, 2.24) is 10.2 Å². The lowest BCUT2D eigenvalue weighted by Gasteiger charge is -2.14. The summed E-state index contributed by atoms with van der Waals surface area (Å²) in [6, 6.07) is 8.36. The first-order valence-corrected chi connectivity index (χ1v) is 10.5. The van der Waals surface area contributed by atoms with Gasteiger partial charge in [-0.25, -0.2) is 4.79 Å². The van der Waals surface area contributed by atoms with Crippen molar-refractivity contribution in [2.75, 3.05) is 13.7 Å². The molecule has 3 rings (SSSR count). The second-order valence-electron chi connectivity index (χ2n) is 6.10. The van der Waals surface area contributed by atoms with Gasteiger partial charge in [-0.3, -0.25) is 9.69 Å². The highest BCUT2D eigenvalue weighted by Crippen LogP contribution is 2.36. The Morgan fingerprint density at radius 2 is 1.97 bits per heavy atom. The normalized spacial score (nSPS) is 15.1. The minimum atomic E-state index is -0.426. The third-order valence-electron chi connectivity index (χ3n) is 4.23. The lowest BCUT2D eigenvalue weighted by molar-refractivity contribution is -0.122. The number of methoxy groups -OCH3 is 1. The first-order chi connectivity index (χ1) is 13.8. The molecule has 1 aliphatic heterocycles. The molecule has 1 saturated heterocycles. The molecular weight excluding hydrogens is 530 g/mol. The zero-order valence-corrected chi connectivity index (χ0v) is 19.3. The number of nitrogens with zero attached hydrogens (tertiary/aromatic N) is 1. The van der Waals surface area contributed by atoms with Crippen LogP contribution in [0.1, 0.15) is 18.1 Å². The molecule has 1 aliphatic rings. The van der Waals surface area contributed by atoms with Gasteiger partial charge in [0.05, 0.1) is 10.7 Å². The summed E-state index contributed by atoms with van der Waals surface area (Å²) >= 11 is 14.3. The second-order valence-corrected chi connectivity index (χ2v) is 8.10. The number of ether oxygens (including phenoxy) is 2. The van der Waals surface area contributed by atoms with Crippen LogP contribution < -0.4 is 14.8 Å². The van der Waals surface area contributed by atoms with Crippen molar-refractivity contribution in [3.05, 3.63) is 60.8 Å². The monoisotopic (exact) mass is 546 g/mol. The van der Waals surface area contributed by atoms with Gasteiger partial charge < -0.3 is 14.8 Å². The van der Waals surface area contributed by atoms with Crippen LogP contribution in [0, 0.1) is 3.57 Å². The molecule has 1 N–H and O–H groups in total. The average Bonchev–Trinajstić information content (AvgIpc) is 2.94. The third-order valence-corrected chi connectivity index (χ3v) is 5.62. The van der Waals surface area contributed by atoms with Gasteiger partial charge >= 0.3 is 6.03 Å². The fourth-order valence-electron chi connectivity index (χ4n) is 2.78. The second kappa shape index (κ2) is 9.23. The molecule has 0 radical (unpaired) electrons. The quantitative estimate of drug-likeness (QED) is 0.311. The Bertz CT molecular complexity index is 1010. The molecule has 0 bridgehead atoms. The van der Waals surface area contributed by atoms with Gasteiger partial charge in [-0.15, -0.1) is 0 Å². The van der Waals surface area contributed by atoms with Crippen molar-refractivity contribution in [3.63, 3.8) is 0 Å². The number of rotatable bonds is 6. The number of carbonyl (C=O) groups excluding carboxylic acids is 2. The molecule has 29 heavy (non-hydrogen) atoms. The van der Waals surface area contributed by atoms with Gasteiger partial charge in [-0.2, -0.15) is 0 Å². The molecule has 0 atom stereocenters. The van der Waals surface area contributed by atoms with E-state index in [9.17, 15) is 9.59 Å². The molecule has 0 unspecified atom stereocenters. The number of halogens is 3. The Labute approximate surface area is 191 Å². The smallest absolute Gasteiger partial charge is 0.328 e. The van der Waals surface area contributed by atoms with Crippen LogP contribution in [0.15, 0.2) is 36.0 Å². The third kappa shape index (κ3) is 4.79. The highest BCUT2D eigenvalue weighted by Gasteiger charge is 2.32. The van der Waals surface area contributed by atoms with E-state index in [-0.39, 0.29) is 18.2 Å². The molecule has 0 saturated carbocycles. The maximum atomic E-state index is 12.3. The highest BCUT2D eigenvalue weighted by atomic mass is 127. The molecule has 2 aromatic carbocycles. The average molecular weight is 547 g/mol. The Hall–Kier alpha value is -1.97. The summed E-state index contributed by atoms with van der Waals surface area (Å²) < 4.78 is 12.2. The number of urea groups is 1. The van der Waals surface area contributed by atoms with Gasteiger partial charge in [-0.1, -0.05) is 29.3 Å². The molecular formula is C20H17Cl2IN2O4. The van der Waals surface area contributed by atoms with E-state index in [1.54, 1.807) is 37.3 Å². The minimum Gasteiger partial charge on any atom is -0.493 e. The number of hydrogen-bond acceptors (Lipinski definition) is 4. The first-order valence-electron chi connectivity index (χ1n) is 8.62. The van der Waals surface area contributed by atoms with E-state index in [0.29, 0.717) is 33.7 Å². The van der Waals surface area contributed by atoms with Crippen molar-refractivity contribution >= 4 is 63.8 Å². The van der Waals surface area contributed by atoms with Crippen LogP contribution in [0.2, 0.25) is 10.0 Å². The topological polar surface area (TPSA) is 67.9 Å². The summed E-state index contributed by atoms with van der Waals surface area (Å²) in [6.07, 6.45) is 1.61. The van der Waals surface area contributed by atoms with Gasteiger partial charge in [0.25, 0.3) is 5.91 Å². The molecule has 9 heteroatoms. The lowest BCUT2D eigenvalue weighted by atomic mass is 10.1. The fraction of sp³-hybridized carbons (Fsp3) is 0.200. The van der Waals surface area contributed by atoms with Crippen molar-refractivity contribution in [2.24, 2.45) is 0 Å². The number of nitrogens with one attached hydrogen (secondary N) is 1. The van der Waals surface area contributed by atoms with Gasteiger partial charge in [0, 0.05) is 22.2 Å². The highest BCUT2D eigenvalue weighted by molar-refractivity contribution is 14.1. The van der Waals surface area contributed by atoms with Crippen LogP contribution >= 0.6 is 45.8 Å².